The van der Waals surface area contributed by atoms with Crippen LogP contribution in [0.2, 0.25) is 0 Å². The zero-order valence-corrected chi connectivity index (χ0v) is 10.2. The fourth-order valence-electron chi connectivity index (χ4n) is 1.86. The summed E-state index contributed by atoms with van der Waals surface area (Å²) in [6.07, 6.45) is 2.48. The van der Waals surface area contributed by atoms with Crippen LogP contribution in [0.1, 0.15) is 12.8 Å². The molecule has 0 aliphatic heterocycles. The van der Waals surface area contributed by atoms with Crippen molar-refractivity contribution in [2.45, 2.75) is 18.9 Å². The van der Waals surface area contributed by atoms with Gasteiger partial charge in [-0.15, -0.1) is 0 Å². The third kappa shape index (κ3) is 3.40. The minimum Gasteiger partial charge on any atom is -0.383 e. The zero-order valence-electron chi connectivity index (χ0n) is 10.2. The highest BCUT2D eigenvalue weighted by Crippen LogP contribution is 2.25. The summed E-state index contributed by atoms with van der Waals surface area (Å²) in [6.45, 7) is 1.49. The van der Waals surface area contributed by atoms with E-state index in [0.29, 0.717) is 18.3 Å². The van der Waals surface area contributed by atoms with Crippen LogP contribution in [0.3, 0.4) is 0 Å². The Morgan fingerprint density at radius 3 is 2.83 bits per heavy atom. The molecule has 0 bridgehead atoms. The van der Waals surface area contributed by atoms with E-state index < -0.39 is 10.7 Å². The number of anilines is 1. The maximum Gasteiger partial charge on any atom is 0.274 e. The Labute approximate surface area is 105 Å². The summed E-state index contributed by atoms with van der Waals surface area (Å²) in [4.78, 5) is 12.2. The number of nitro groups is 1. The van der Waals surface area contributed by atoms with Gasteiger partial charge < -0.3 is 10.2 Å². The van der Waals surface area contributed by atoms with Crippen molar-refractivity contribution in [1.82, 2.24) is 4.90 Å². The summed E-state index contributed by atoms with van der Waals surface area (Å²) in [5, 5.41) is 13.6. The normalized spacial score (nSPS) is 14.8. The van der Waals surface area contributed by atoms with Crippen molar-refractivity contribution in [2.24, 2.45) is 0 Å². The Bertz CT molecular complexity index is 449. The largest absolute Gasteiger partial charge is 0.383 e. The Morgan fingerprint density at radius 2 is 2.22 bits per heavy atom. The molecule has 18 heavy (non-hydrogen) atoms. The van der Waals surface area contributed by atoms with Gasteiger partial charge in [0.05, 0.1) is 11.0 Å². The summed E-state index contributed by atoms with van der Waals surface area (Å²) >= 11 is 0. The first kappa shape index (κ1) is 12.8. The highest BCUT2D eigenvalue weighted by Gasteiger charge is 2.25. The second-order valence-electron chi connectivity index (χ2n) is 4.59. The number of hydrogen-bond acceptors (Lipinski definition) is 4. The standard InChI is InChI=1S/C12H16FN3O2/c1-15(11-2-3-11)5-4-14-10-6-9(13)7-12(8-10)16(17)18/h6-8,11,14H,2-5H2,1H3. The SMILES string of the molecule is CN(CCNc1cc(F)cc([N+](=O)[O-])c1)C1CC1. The van der Waals surface area contributed by atoms with Crippen molar-refractivity contribution in [3.8, 4) is 0 Å². The number of hydrogen-bond donors (Lipinski definition) is 1. The molecule has 1 saturated carbocycles. The van der Waals surface area contributed by atoms with E-state index >= 15 is 0 Å². The van der Waals surface area contributed by atoms with E-state index in [4.69, 9.17) is 0 Å². The number of nitro benzene ring substituents is 1. The maximum atomic E-state index is 13.2. The van der Waals surface area contributed by atoms with E-state index in [9.17, 15) is 14.5 Å². The van der Waals surface area contributed by atoms with Crippen LogP contribution in [-0.4, -0.2) is 36.0 Å². The first-order valence-corrected chi connectivity index (χ1v) is 5.95. The number of benzene rings is 1. The molecule has 0 radical (unpaired) electrons. The molecule has 1 aromatic rings. The van der Waals surface area contributed by atoms with E-state index in [2.05, 4.69) is 10.2 Å². The molecular formula is C12H16FN3O2. The minimum absolute atomic E-state index is 0.229. The molecule has 1 fully saturated rings. The van der Waals surface area contributed by atoms with Gasteiger partial charge in [-0.25, -0.2) is 4.39 Å². The predicted octanol–water partition coefficient (Wildman–Crippen LogP) is 2.24. The van der Waals surface area contributed by atoms with Crippen LogP contribution in [0.4, 0.5) is 15.8 Å². The van der Waals surface area contributed by atoms with Gasteiger partial charge >= 0.3 is 0 Å². The summed E-state index contributed by atoms with van der Waals surface area (Å²) in [5.41, 5.74) is 0.221. The quantitative estimate of drug-likeness (QED) is 0.624. The van der Waals surface area contributed by atoms with Crippen molar-refractivity contribution in [3.63, 3.8) is 0 Å². The average Bonchev–Trinajstić information content (AvgIpc) is 3.11. The highest BCUT2D eigenvalue weighted by molar-refractivity contribution is 5.51. The van der Waals surface area contributed by atoms with Gasteiger partial charge in [0, 0.05) is 30.9 Å². The Morgan fingerprint density at radius 1 is 1.50 bits per heavy atom. The molecule has 1 aliphatic carbocycles. The molecule has 0 heterocycles. The van der Waals surface area contributed by atoms with Gasteiger partial charge in [0.1, 0.15) is 5.82 Å². The molecule has 1 aromatic carbocycles. The third-order valence-electron chi connectivity index (χ3n) is 3.06. The molecule has 5 nitrogen and oxygen atoms in total. The molecule has 0 atom stereocenters. The summed E-state index contributed by atoms with van der Waals surface area (Å²) in [5.74, 6) is -0.595. The van der Waals surface area contributed by atoms with Crippen molar-refractivity contribution in [3.05, 3.63) is 34.1 Å². The lowest BCUT2D eigenvalue weighted by Crippen LogP contribution is -2.27. The third-order valence-corrected chi connectivity index (χ3v) is 3.06. The fourth-order valence-corrected chi connectivity index (χ4v) is 1.86. The smallest absolute Gasteiger partial charge is 0.274 e. The summed E-state index contributed by atoms with van der Waals surface area (Å²) in [6, 6.07) is 4.21. The number of non-ortho nitro benzene ring substituents is 1. The molecular weight excluding hydrogens is 237 g/mol. The molecule has 98 valence electrons. The van der Waals surface area contributed by atoms with Crippen LogP contribution in [-0.2, 0) is 0 Å². The second kappa shape index (κ2) is 5.30. The van der Waals surface area contributed by atoms with E-state index in [-0.39, 0.29) is 5.69 Å². The monoisotopic (exact) mass is 253 g/mol. The summed E-state index contributed by atoms with van der Waals surface area (Å²) < 4.78 is 13.2. The first-order valence-electron chi connectivity index (χ1n) is 5.95. The Balaban J connectivity index is 1.89. The molecule has 0 aromatic heterocycles. The number of nitrogens with zero attached hydrogens (tertiary/aromatic N) is 2. The van der Waals surface area contributed by atoms with Crippen molar-refractivity contribution >= 4 is 11.4 Å². The van der Waals surface area contributed by atoms with Crippen molar-refractivity contribution in [1.29, 1.82) is 0 Å². The lowest BCUT2D eigenvalue weighted by molar-refractivity contribution is -0.385. The van der Waals surface area contributed by atoms with Crippen LogP contribution >= 0.6 is 0 Å². The second-order valence-corrected chi connectivity index (χ2v) is 4.59. The van der Waals surface area contributed by atoms with E-state index in [1.165, 1.54) is 25.0 Å². The average molecular weight is 253 g/mol. The van der Waals surface area contributed by atoms with Gasteiger partial charge in [0.25, 0.3) is 5.69 Å². The predicted molar refractivity (Wildman–Crippen MR) is 67.2 cm³/mol. The van der Waals surface area contributed by atoms with Crippen LogP contribution in [0.15, 0.2) is 18.2 Å². The van der Waals surface area contributed by atoms with Crippen LogP contribution in [0.5, 0.6) is 0 Å². The lowest BCUT2D eigenvalue weighted by Gasteiger charge is -2.16. The molecule has 6 heteroatoms. The van der Waals surface area contributed by atoms with E-state index in [1.54, 1.807) is 0 Å². The zero-order chi connectivity index (χ0) is 13.1. The number of nitrogens with one attached hydrogen (secondary N) is 1. The van der Waals surface area contributed by atoms with Gasteiger partial charge in [-0.05, 0) is 26.0 Å². The van der Waals surface area contributed by atoms with Gasteiger partial charge in [0.15, 0.2) is 0 Å². The highest BCUT2D eigenvalue weighted by atomic mass is 19.1. The maximum absolute atomic E-state index is 13.2. The summed E-state index contributed by atoms with van der Waals surface area (Å²) in [7, 11) is 2.05. The molecule has 1 N–H and O–H groups in total. The molecule has 0 unspecified atom stereocenters. The number of halogens is 1. The van der Waals surface area contributed by atoms with Gasteiger partial charge in [0.2, 0.25) is 0 Å². The van der Waals surface area contributed by atoms with Crippen molar-refractivity contribution in [2.75, 3.05) is 25.5 Å². The van der Waals surface area contributed by atoms with Crippen LogP contribution in [0.25, 0.3) is 0 Å². The van der Waals surface area contributed by atoms with E-state index in [0.717, 1.165) is 12.6 Å². The fraction of sp³-hybridized carbons (Fsp3) is 0.500. The first-order chi connectivity index (χ1) is 8.56. The molecule has 2 rings (SSSR count). The Hall–Kier alpha value is -1.69. The van der Waals surface area contributed by atoms with Gasteiger partial charge in [-0.2, -0.15) is 0 Å². The molecule has 1 aliphatic rings. The van der Waals surface area contributed by atoms with Gasteiger partial charge in [-0.3, -0.25) is 10.1 Å². The van der Waals surface area contributed by atoms with Crippen LogP contribution < -0.4 is 5.32 Å². The van der Waals surface area contributed by atoms with Crippen LogP contribution in [0, 0.1) is 15.9 Å². The Kier molecular flexibility index (Phi) is 3.76. The van der Waals surface area contributed by atoms with E-state index in [1.807, 2.05) is 7.05 Å². The molecule has 0 spiro atoms. The topological polar surface area (TPSA) is 58.4 Å². The van der Waals surface area contributed by atoms with Crippen molar-refractivity contribution < 1.29 is 9.31 Å². The number of likely N-dealkylation sites (N-methyl/N-ethyl adjacent to an activating group) is 1. The van der Waals surface area contributed by atoms with Gasteiger partial charge in [-0.1, -0.05) is 0 Å². The molecule has 0 amide bonds. The number of rotatable bonds is 6. The lowest BCUT2D eigenvalue weighted by atomic mass is 10.2. The molecule has 0 saturated heterocycles. The minimum atomic E-state index is -0.595.